The summed E-state index contributed by atoms with van der Waals surface area (Å²) in [5.74, 6) is -1.66. The molecule has 1 aromatic carbocycles. The fourth-order valence-corrected chi connectivity index (χ4v) is 1.33. The molecule has 0 saturated carbocycles. The van der Waals surface area contributed by atoms with Crippen molar-refractivity contribution in [1.82, 2.24) is 5.48 Å². The number of aryl methyl sites for hydroxylation is 1. The van der Waals surface area contributed by atoms with Crippen molar-refractivity contribution in [1.29, 1.82) is 0 Å². The lowest BCUT2D eigenvalue weighted by Gasteiger charge is -2.06. The van der Waals surface area contributed by atoms with E-state index in [-0.39, 0.29) is 0 Å². The average molecular weight is 244 g/mol. The molecule has 0 unspecified atom stereocenters. The normalized spacial score (nSPS) is 9.88. The molecule has 16 heavy (non-hydrogen) atoms. The molecule has 0 fully saturated rings. The summed E-state index contributed by atoms with van der Waals surface area (Å²) in [5, 5.41) is 8.82. The first kappa shape index (κ1) is 12.5. The monoisotopic (exact) mass is 243 g/mol. The second-order valence-electron chi connectivity index (χ2n) is 3.07. The molecule has 5 nitrogen and oxygen atoms in total. The minimum absolute atomic E-state index is 0.384. The number of amides is 1. The highest BCUT2D eigenvalue weighted by atomic mass is 35.5. The van der Waals surface area contributed by atoms with E-state index in [9.17, 15) is 9.59 Å². The molecular weight excluding hydrogens is 234 g/mol. The third-order valence-electron chi connectivity index (χ3n) is 1.79. The summed E-state index contributed by atoms with van der Waals surface area (Å²) in [6, 6.07) is 4.74. The second-order valence-corrected chi connectivity index (χ2v) is 3.51. The molecule has 0 aliphatic rings. The standard InChI is InChI=1S/C10H10ClNO4/c1-6-4-7(11)2-3-8(6)10(15)12-16-5-9(13)14/h2-4H,5H2,1H3,(H,12,15)(H,13,14). The van der Waals surface area contributed by atoms with Gasteiger partial charge in [-0.05, 0) is 30.7 Å². The predicted molar refractivity (Wildman–Crippen MR) is 57.2 cm³/mol. The van der Waals surface area contributed by atoms with Gasteiger partial charge in [0.1, 0.15) is 0 Å². The summed E-state index contributed by atoms with van der Waals surface area (Å²) in [4.78, 5) is 26.1. The Labute approximate surface area is 96.9 Å². The number of carbonyl (C=O) groups is 2. The van der Waals surface area contributed by atoms with Crippen LogP contribution in [-0.4, -0.2) is 23.6 Å². The molecule has 86 valence electrons. The van der Waals surface area contributed by atoms with Gasteiger partial charge in [-0.1, -0.05) is 11.6 Å². The van der Waals surface area contributed by atoms with Crippen LogP contribution in [0.25, 0.3) is 0 Å². The topological polar surface area (TPSA) is 75.6 Å². The number of halogens is 1. The quantitative estimate of drug-likeness (QED) is 0.784. The molecule has 0 aliphatic heterocycles. The first-order chi connectivity index (χ1) is 7.50. The lowest BCUT2D eigenvalue weighted by Crippen LogP contribution is -2.27. The molecule has 0 heterocycles. The van der Waals surface area contributed by atoms with Crippen molar-refractivity contribution in [2.24, 2.45) is 0 Å². The summed E-state index contributed by atoms with van der Waals surface area (Å²) in [6.07, 6.45) is 0. The Kier molecular flexibility index (Phi) is 4.28. The van der Waals surface area contributed by atoms with Gasteiger partial charge in [0, 0.05) is 10.6 Å². The van der Waals surface area contributed by atoms with E-state index < -0.39 is 18.5 Å². The Morgan fingerprint density at radius 3 is 2.75 bits per heavy atom. The number of rotatable bonds is 4. The maximum atomic E-state index is 11.5. The van der Waals surface area contributed by atoms with E-state index in [1.807, 2.05) is 5.48 Å². The Morgan fingerprint density at radius 2 is 2.19 bits per heavy atom. The summed E-state index contributed by atoms with van der Waals surface area (Å²) in [6.45, 7) is 1.14. The lowest BCUT2D eigenvalue weighted by molar-refractivity contribution is -0.144. The molecular formula is C10H10ClNO4. The molecule has 0 atom stereocenters. The van der Waals surface area contributed by atoms with Crippen LogP contribution in [0.5, 0.6) is 0 Å². The number of nitrogens with one attached hydrogen (secondary N) is 1. The van der Waals surface area contributed by atoms with E-state index in [4.69, 9.17) is 16.7 Å². The van der Waals surface area contributed by atoms with E-state index in [0.29, 0.717) is 16.1 Å². The summed E-state index contributed by atoms with van der Waals surface area (Å²) in [7, 11) is 0. The van der Waals surface area contributed by atoms with Crippen molar-refractivity contribution in [2.45, 2.75) is 6.92 Å². The van der Waals surface area contributed by atoms with Gasteiger partial charge in [0.05, 0.1) is 0 Å². The number of carboxylic acid groups (broad SMARTS) is 1. The first-order valence-corrected chi connectivity index (χ1v) is 4.78. The number of hydroxylamine groups is 1. The average Bonchev–Trinajstić information content (AvgIpc) is 2.16. The third-order valence-corrected chi connectivity index (χ3v) is 2.03. The molecule has 0 spiro atoms. The van der Waals surface area contributed by atoms with E-state index in [2.05, 4.69) is 4.84 Å². The maximum absolute atomic E-state index is 11.5. The Balaban J connectivity index is 2.63. The molecule has 6 heteroatoms. The Hall–Kier alpha value is -1.59. The predicted octanol–water partition coefficient (Wildman–Crippen LogP) is 1.39. The third kappa shape index (κ3) is 3.52. The molecule has 1 amide bonds. The minimum Gasteiger partial charge on any atom is -0.479 e. The summed E-state index contributed by atoms with van der Waals surface area (Å²) >= 11 is 5.73. The van der Waals surface area contributed by atoms with Crippen LogP contribution in [0.1, 0.15) is 15.9 Å². The zero-order chi connectivity index (χ0) is 12.1. The van der Waals surface area contributed by atoms with Crippen LogP contribution in [0.15, 0.2) is 18.2 Å². The molecule has 0 aliphatic carbocycles. The number of benzene rings is 1. The van der Waals surface area contributed by atoms with Crippen molar-refractivity contribution in [3.8, 4) is 0 Å². The fourth-order valence-electron chi connectivity index (χ4n) is 1.10. The van der Waals surface area contributed by atoms with Crippen LogP contribution in [0.3, 0.4) is 0 Å². The molecule has 0 bridgehead atoms. The molecule has 0 aromatic heterocycles. The summed E-state index contributed by atoms with van der Waals surface area (Å²) in [5.41, 5.74) is 3.10. The highest BCUT2D eigenvalue weighted by Crippen LogP contribution is 2.14. The summed E-state index contributed by atoms with van der Waals surface area (Å²) < 4.78 is 0. The largest absolute Gasteiger partial charge is 0.479 e. The van der Waals surface area contributed by atoms with Gasteiger partial charge in [0.25, 0.3) is 5.91 Å². The van der Waals surface area contributed by atoms with Gasteiger partial charge in [0.2, 0.25) is 0 Å². The van der Waals surface area contributed by atoms with Crippen LogP contribution < -0.4 is 5.48 Å². The number of aliphatic carboxylic acids is 1. The van der Waals surface area contributed by atoms with Crippen LogP contribution in [0.2, 0.25) is 5.02 Å². The number of carboxylic acids is 1. The number of hydrogen-bond donors (Lipinski definition) is 2. The molecule has 0 saturated heterocycles. The zero-order valence-electron chi connectivity index (χ0n) is 8.49. The van der Waals surface area contributed by atoms with Crippen molar-refractivity contribution < 1.29 is 19.5 Å². The van der Waals surface area contributed by atoms with Crippen molar-refractivity contribution in [3.05, 3.63) is 34.3 Å². The Morgan fingerprint density at radius 1 is 1.50 bits per heavy atom. The lowest BCUT2D eigenvalue weighted by atomic mass is 10.1. The number of hydrogen-bond acceptors (Lipinski definition) is 3. The second kappa shape index (κ2) is 5.48. The van der Waals surface area contributed by atoms with E-state index in [0.717, 1.165) is 0 Å². The van der Waals surface area contributed by atoms with Crippen LogP contribution >= 0.6 is 11.6 Å². The van der Waals surface area contributed by atoms with Gasteiger partial charge >= 0.3 is 5.97 Å². The fraction of sp³-hybridized carbons (Fsp3) is 0.200. The van der Waals surface area contributed by atoms with Crippen LogP contribution in [0.4, 0.5) is 0 Å². The highest BCUT2D eigenvalue weighted by Gasteiger charge is 2.09. The van der Waals surface area contributed by atoms with Gasteiger partial charge in [-0.3, -0.25) is 9.63 Å². The van der Waals surface area contributed by atoms with Gasteiger partial charge in [-0.25, -0.2) is 10.3 Å². The van der Waals surface area contributed by atoms with Gasteiger partial charge in [-0.2, -0.15) is 0 Å². The van der Waals surface area contributed by atoms with Crippen molar-refractivity contribution in [2.75, 3.05) is 6.61 Å². The van der Waals surface area contributed by atoms with Gasteiger partial charge in [0.15, 0.2) is 6.61 Å². The number of carbonyl (C=O) groups excluding carboxylic acids is 1. The minimum atomic E-state index is -1.16. The van der Waals surface area contributed by atoms with E-state index in [1.54, 1.807) is 19.1 Å². The van der Waals surface area contributed by atoms with Gasteiger partial charge < -0.3 is 5.11 Å². The highest BCUT2D eigenvalue weighted by molar-refractivity contribution is 6.30. The molecule has 2 N–H and O–H groups in total. The molecule has 1 rings (SSSR count). The van der Waals surface area contributed by atoms with Gasteiger partial charge in [-0.15, -0.1) is 0 Å². The first-order valence-electron chi connectivity index (χ1n) is 4.41. The Bertz CT molecular complexity index is 419. The molecule has 1 aromatic rings. The van der Waals surface area contributed by atoms with E-state index >= 15 is 0 Å². The molecule has 0 radical (unpaired) electrons. The smallest absolute Gasteiger partial charge is 0.332 e. The van der Waals surface area contributed by atoms with Crippen LogP contribution in [0, 0.1) is 6.92 Å². The van der Waals surface area contributed by atoms with E-state index in [1.165, 1.54) is 6.07 Å². The zero-order valence-corrected chi connectivity index (χ0v) is 9.25. The van der Waals surface area contributed by atoms with Crippen molar-refractivity contribution >= 4 is 23.5 Å². The van der Waals surface area contributed by atoms with Crippen LogP contribution in [-0.2, 0) is 9.63 Å². The van der Waals surface area contributed by atoms with Crippen molar-refractivity contribution in [3.63, 3.8) is 0 Å². The maximum Gasteiger partial charge on any atom is 0.332 e. The SMILES string of the molecule is Cc1cc(Cl)ccc1C(=O)NOCC(=O)O.